The number of nitro groups is 1. The molecule has 0 atom stereocenters. The van der Waals surface area contributed by atoms with Crippen LogP contribution in [-0.4, -0.2) is 42.4 Å². The van der Waals surface area contributed by atoms with Crippen LogP contribution in [0.15, 0.2) is 64.9 Å². The van der Waals surface area contributed by atoms with E-state index in [-0.39, 0.29) is 35.5 Å². The quantitative estimate of drug-likeness (QED) is 0.265. The number of benzene rings is 2. The predicted molar refractivity (Wildman–Crippen MR) is 125 cm³/mol. The van der Waals surface area contributed by atoms with E-state index < -0.39 is 14.9 Å². The van der Waals surface area contributed by atoms with Gasteiger partial charge in [-0.15, -0.1) is 18.3 Å². The Morgan fingerprint density at radius 3 is 2.62 bits per heavy atom. The molecular weight excluding hydrogens is 450 g/mol. The highest BCUT2D eigenvalue weighted by molar-refractivity contribution is 7.99. The SMILES string of the molecule is C=CCSc1ccccc1NC(=O)C1CCN(S(=O)(=O)c2cc([N+](=O)[O-])ccc2C)CC1. The largest absolute Gasteiger partial charge is 0.325 e. The van der Waals surface area contributed by atoms with E-state index in [1.54, 1.807) is 24.8 Å². The topological polar surface area (TPSA) is 110 Å². The van der Waals surface area contributed by atoms with Gasteiger partial charge in [-0.05, 0) is 37.5 Å². The van der Waals surface area contributed by atoms with Crippen LogP contribution >= 0.6 is 11.8 Å². The Labute approximate surface area is 191 Å². The van der Waals surface area contributed by atoms with Gasteiger partial charge in [-0.2, -0.15) is 4.31 Å². The van der Waals surface area contributed by atoms with E-state index in [4.69, 9.17) is 0 Å². The van der Waals surface area contributed by atoms with E-state index in [1.165, 1.54) is 16.4 Å². The minimum atomic E-state index is -3.89. The number of rotatable bonds is 8. The van der Waals surface area contributed by atoms with Gasteiger partial charge >= 0.3 is 0 Å². The van der Waals surface area contributed by atoms with Gasteiger partial charge < -0.3 is 5.32 Å². The molecule has 1 aliphatic heterocycles. The number of carbonyl (C=O) groups excluding carboxylic acids is 1. The first-order chi connectivity index (χ1) is 15.2. The van der Waals surface area contributed by atoms with E-state index in [1.807, 2.05) is 24.3 Å². The average molecular weight is 476 g/mol. The second-order valence-electron chi connectivity index (χ2n) is 7.47. The number of aryl methyl sites for hydroxylation is 1. The maximum atomic E-state index is 13.1. The number of hydrogen-bond acceptors (Lipinski definition) is 6. The fourth-order valence-electron chi connectivity index (χ4n) is 3.56. The first-order valence-corrected chi connectivity index (χ1v) is 12.6. The molecule has 1 fully saturated rings. The lowest BCUT2D eigenvalue weighted by Crippen LogP contribution is -2.41. The maximum Gasteiger partial charge on any atom is 0.270 e. The Kier molecular flexibility index (Phi) is 7.70. The fourth-order valence-corrected chi connectivity index (χ4v) is 6.02. The molecule has 1 amide bonds. The molecule has 0 aliphatic carbocycles. The molecule has 3 rings (SSSR count). The molecule has 2 aromatic carbocycles. The lowest BCUT2D eigenvalue weighted by molar-refractivity contribution is -0.385. The molecule has 1 saturated heterocycles. The Morgan fingerprint density at radius 1 is 1.28 bits per heavy atom. The Hall–Kier alpha value is -2.69. The Balaban J connectivity index is 1.68. The highest BCUT2D eigenvalue weighted by atomic mass is 32.2. The van der Waals surface area contributed by atoms with E-state index in [0.717, 1.165) is 22.4 Å². The molecule has 0 bridgehead atoms. The number of nitro benzene ring substituents is 1. The van der Waals surface area contributed by atoms with Crippen molar-refractivity contribution in [2.75, 3.05) is 24.2 Å². The summed E-state index contributed by atoms with van der Waals surface area (Å²) in [5.41, 5.74) is 0.909. The number of thioether (sulfide) groups is 1. The third kappa shape index (κ3) is 5.37. The number of amides is 1. The van der Waals surface area contributed by atoms with E-state index in [2.05, 4.69) is 11.9 Å². The van der Waals surface area contributed by atoms with Crippen LogP contribution in [0.25, 0.3) is 0 Å². The summed E-state index contributed by atoms with van der Waals surface area (Å²) in [6, 6.07) is 11.4. The molecule has 1 aliphatic rings. The lowest BCUT2D eigenvalue weighted by atomic mass is 9.97. The average Bonchev–Trinajstić information content (AvgIpc) is 2.78. The van der Waals surface area contributed by atoms with Crippen molar-refractivity contribution >= 4 is 39.1 Å². The Bertz CT molecular complexity index is 1130. The standard InChI is InChI=1S/C22H25N3O5S2/c1-3-14-31-20-7-5-4-6-19(20)23-22(26)17-10-12-24(13-11-17)32(29,30)21-15-18(25(27)28)9-8-16(21)2/h3-9,15,17H,1,10-14H2,2H3,(H,23,26). The summed E-state index contributed by atoms with van der Waals surface area (Å²) in [7, 11) is -3.89. The van der Waals surface area contributed by atoms with Gasteiger partial charge in [-0.25, -0.2) is 8.42 Å². The molecule has 0 unspecified atom stereocenters. The van der Waals surface area contributed by atoms with Crippen molar-refractivity contribution in [3.8, 4) is 0 Å². The van der Waals surface area contributed by atoms with Crippen molar-refractivity contribution in [3.63, 3.8) is 0 Å². The lowest BCUT2D eigenvalue weighted by Gasteiger charge is -2.31. The zero-order valence-electron chi connectivity index (χ0n) is 17.7. The summed E-state index contributed by atoms with van der Waals surface area (Å²) in [6.45, 7) is 5.67. The van der Waals surface area contributed by atoms with Gasteiger partial charge in [0.1, 0.15) is 0 Å². The van der Waals surface area contributed by atoms with E-state index >= 15 is 0 Å². The van der Waals surface area contributed by atoms with Crippen molar-refractivity contribution in [3.05, 3.63) is 70.8 Å². The van der Waals surface area contributed by atoms with Gasteiger partial charge in [0.15, 0.2) is 0 Å². The highest BCUT2D eigenvalue weighted by Crippen LogP contribution is 2.30. The molecule has 8 nitrogen and oxygen atoms in total. The van der Waals surface area contributed by atoms with Crippen molar-refractivity contribution < 1.29 is 18.1 Å². The zero-order chi connectivity index (χ0) is 23.3. The fraction of sp³-hybridized carbons (Fsp3) is 0.318. The summed E-state index contributed by atoms with van der Waals surface area (Å²) in [6.07, 6.45) is 2.55. The van der Waals surface area contributed by atoms with E-state index in [9.17, 15) is 23.3 Å². The molecule has 170 valence electrons. The third-order valence-corrected chi connectivity index (χ3v) is 8.44. The van der Waals surface area contributed by atoms with Crippen LogP contribution in [-0.2, 0) is 14.8 Å². The first kappa shape index (κ1) is 24.0. The molecule has 1 heterocycles. The molecule has 0 radical (unpaired) electrons. The number of carbonyl (C=O) groups is 1. The first-order valence-electron chi connectivity index (χ1n) is 10.1. The van der Waals surface area contributed by atoms with Gasteiger partial charge in [0.25, 0.3) is 5.69 Å². The van der Waals surface area contributed by atoms with E-state index in [0.29, 0.717) is 18.4 Å². The van der Waals surface area contributed by atoms with Crippen molar-refractivity contribution in [2.45, 2.75) is 29.6 Å². The van der Waals surface area contributed by atoms with Crippen LogP contribution in [0.1, 0.15) is 18.4 Å². The molecule has 0 spiro atoms. The monoisotopic (exact) mass is 475 g/mol. The number of anilines is 1. The third-order valence-electron chi connectivity index (χ3n) is 5.33. The number of nitrogens with one attached hydrogen (secondary N) is 1. The smallest absolute Gasteiger partial charge is 0.270 e. The zero-order valence-corrected chi connectivity index (χ0v) is 19.3. The van der Waals surface area contributed by atoms with Crippen LogP contribution in [0.4, 0.5) is 11.4 Å². The molecule has 0 saturated carbocycles. The number of sulfonamides is 1. The van der Waals surface area contributed by atoms with Gasteiger partial charge in [-0.3, -0.25) is 14.9 Å². The maximum absolute atomic E-state index is 13.1. The molecule has 10 heteroatoms. The predicted octanol–water partition coefficient (Wildman–Crippen LogP) is 4.22. The summed E-state index contributed by atoms with van der Waals surface area (Å²) in [5, 5.41) is 14.0. The number of piperidine rings is 1. The molecule has 2 aromatic rings. The Morgan fingerprint density at radius 2 is 1.97 bits per heavy atom. The molecule has 32 heavy (non-hydrogen) atoms. The van der Waals surface area contributed by atoms with Crippen LogP contribution in [0.2, 0.25) is 0 Å². The normalized spacial score (nSPS) is 15.3. The van der Waals surface area contributed by atoms with Crippen molar-refractivity contribution in [1.82, 2.24) is 4.31 Å². The van der Waals surface area contributed by atoms with Crippen LogP contribution in [0, 0.1) is 23.0 Å². The van der Waals surface area contributed by atoms with Gasteiger partial charge in [0.05, 0.1) is 15.5 Å². The summed E-state index contributed by atoms with van der Waals surface area (Å²) < 4.78 is 27.5. The summed E-state index contributed by atoms with van der Waals surface area (Å²) in [4.78, 5) is 24.1. The summed E-state index contributed by atoms with van der Waals surface area (Å²) in [5.74, 6) is 0.269. The van der Waals surface area contributed by atoms with Gasteiger partial charge in [0.2, 0.25) is 15.9 Å². The van der Waals surface area contributed by atoms with Crippen molar-refractivity contribution in [2.24, 2.45) is 5.92 Å². The second kappa shape index (κ2) is 10.3. The minimum absolute atomic E-state index is 0.0669. The van der Waals surface area contributed by atoms with Gasteiger partial charge in [0, 0.05) is 41.8 Å². The number of non-ortho nitro benzene ring substituents is 1. The van der Waals surface area contributed by atoms with Crippen molar-refractivity contribution in [1.29, 1.82) is 0 Å². The molecule has 0 aromatic heterocycles. The molecular formula is C22H25N3O5S2. The second-order valence-corrected chi connectivity index (χ2v) is 10.4. The van der Waals surface area contributed by atoms with Crippen LogP contribution in [0.5, 0.6) is 0 Å². The highest BCUT2D eigenvalue weighted by Gasteiger charge is 2.33. The minimum Gasteiger partial charge on any atom is -0.325 e. The van der Waals surface area contributed by atoms with Crippen LogP contribution < -0.4 is 5.32 Å². The van der Waals surface area contributed by atoms with Gasteiger partial charge in [-0.1, -0.05) is 24.3 Å². The number of para-hydroxylation sites is 1. The summed E-state index contributed by atoms with van der Waals surface area (Å²) >= 11 is 1.57. The number of nitrogens with zero attached hydrogens (tertiary/aromatic N) is 2. The van der Waals surface area contributed by atoms with Crippen LogP contribution in [0.3, 0.4) is 0 Å². The molecule has 1 N–H and O–H groups in total. The number of hydrogen-bond donors (Lipinski definition) is 1.